The fourth-order valence-corrected chi connectivity index (χ4v) is 7.60. The number of thioether (sulfide) groups is 2. The Morgan fingerprint density at radius 3 is 1.03 bits per heavy atom. The second-order valence-electron chi connectivity index (χ2n) is 15.4. The predicted octanol–water partition coefficient (Wildman–Crippen LogP) is 10.5. The van der Waals surface area contributed by atoms with Crippen molar-refractivity contribution in [1.29, 1.82) is 0 Å². The van der Waals surface area contributed by atoms with Crippen molar-refractivity contribution >= 4 is 23.5 Å². The van der Waals surface area contributed by atoms with E-state index in [2.05, 4.69) is 107 Å². The second kappa shape index (κ2) is 11.0. The molecular weight excluding hydrogens is 505 g/mol. The molecule has 0 heterocycles. The van der Waals surface area contributed by atoms with E-state index in [4.69, 9.17) is 0 Å². The topological polar surface area (TPSA) is 40.5 Å². The molecule has 2 aromatic rings. The van der Waals surface area contributed by atoms with Crippen LogP contribution in [0.15, 0.2) is 34.1 Å². The van der Waals surface area contributed by atoms with Gasteiger partial charge in [0.2, 0.25) is 0 Å². The first-order valence-corrected chi connectivity index (χ1v) is 16.0. The van der Waals surface area contributed by atoms with Crippen molar-refractivity contribution in [3.05, 3.63) is 46.5 Å². The van der Waals surface area contributed by atoms with Gasteiger partial charge >= 0.3 is 0 Å². The van der Waals surface area contributed by atoms with Crippen molar-refractivity contribution < 1.29 is 10.2 Å². The first-order chi connectivity index (χ1) is 17.2. The minimum absolute atomic E-state index is 0.0345. The molecule has 1 aliphatic carbocycles. The number of hydrogen-bond donors (Lipinski definition) is 2. The van der Waals surface area contributed by atoms with Gasteiger partial charge in [-0.2, -0.15) is 0 Å². The van der Waals surface area contributed by atoms with Gasteiger partial charge in [0.1, 0.15) is 11.5 Å². The summed E-state index contributed by atoms with van der Waals surface area (Å²) in [4.78, 5) is 2.06. The van der Waals surface area contributed by atoms with E-state index in [0.717, 1.165) is 46.6 Å². The van der Waals surface area contributed by atoms with Crippen LogP contribution in [0, 0.1) is 0 Å². The molecule has 1 aliphatic rings. The van der Waals surface area contributed by atoms with Crippen molar-refractivity contribution in [2.75, 3.05) is 0 Å². The van der Waals surface area contributed by atoms with Crippen molar-refractivity contribution in [1.82, 2.24) is 0 Å². The maximum Gasteiger partial charge on any atom is 0.132 e. The molecule has 212 valence electrons. The SMILES string of the molecule is CC(C)(C)c1cc(SC2CCC(Sc3cc(C(C)(C)C)cc(C(C)(C)C)c3O)CC2)c(O)c(C(C)(C)C)c1. The highest BCUT2D eigenvalue weighted by Crippen LogP contribution is 2.48. The zero-order chi connectivity index (χ0) is 28.8. The van der Waals surface area contributed by atoms with Gasteiger partial charge < -0.3 is 10.2 Å². The zero-order valence-electron chi connectivity index (χ0n) is 26.0. The lowest BCUT2D eigenvalue weighted by Crippen LogP contribution is -2.20. The first kappa shape index (κ1) is 31.3. The highest BCUT2D eigenvalue weighted by atomic mass is 32.2. The van der Waals surface area contributed by atoms with Gasteiger partial charge in [-0.3, -0.25) is 0 Å². The summed E-state index contributed by atoms with van der Waals surface area (Å²) in [5, 5.41) is 23.5. The smallest absolute Gasteiger partial charge is 0.132 e. The van der Waals surface area contributed by atoms with Gasteiger partial charge in [0, 0.05) is 31.4 Å². The average molecular weight is 557 g/mol. The molecule has 0 saturated heterocycles. The maximum absolute atomic E-state index is 11.3. The third kappa shape index (κ3) is 7.47. The summed E-state index contributed by atoms with van der Waals surface area (Å²) in [6, 6.07) is 8.86. The Morgan fingerprint density at radius 1 is 0.500 bits per heavy atom. The summed E-state index contributed by atoms with van der Waals surface area (Å²) in [5.41, 5.74) is 4.52. The highest BCUT2D eigenvalue weighted by Gasteiger charge is 2.30. The lowest BCUT2D eigenvalue weighted by Gasteiger charge is -2.31. The van der Waals surface area contributed by atoms with Crippen LogP contribution in [0.2, 0.25) is 0 Å². The van der Waals surface area contributed by atoms with Crippen LogP contribution >= 0.6 is 23.5 Å². The van der Waals surface area contributed by atoms with E-state index in [1.807, 2.05) is 23.5 Å². The van der Waals surface area contributed by atoms with Gasteiger partial charge in [0.25, 0.3) is 0 Å². The minimum Gasteiger partial charge on any atom is -0.506 e. The van der Waals surface area contributed by atoms with E-state index in [9.17, 15) is 10.2 Å². The van der Waals surface area contributed by atoms with Crippen molar-refractivity contribution in [2.45, 2.75) is 151 Å². The van der Waals surface area contributed by atoms with Crippen molar-refractivity contribution in [3.63, 3.8) is 0 Å². The standard InChI is InChI=1S/C34H52O2S2/c1-31(2,3)21-17-25(33(7,8)9)29(35)27(19-21)37-23-13-15-24(16-14-23)38-28-20-22(32(4,5)6)18-26(30(28)36)34(10,11)12/h17-20,23-24,35-36H,13-16H2,1-12H3. The van der Waals surface area contributed by atoms with Crippen LogP contribution in [0.25, 0.3) is 0 Å². The molecule has 0 spiro atoms. The number of hydrogen-bond acceptors (Lipinski definition) is 4. The summed E-state index contributed by atoms with van der Waals surface area (Å²) in [5.74, 6) is 0.927. The number of phenolic OH excluding ortho intramolecular Hbond substituents is 2. The lowest BCUT2D eigenvalue weighted by molar-refractivity contribution is 0.430. The van der Waals surface area contributed by atoms with Gasteiger partial charge in [0.05, 0.1) is 0 Å². The summed E-state index contributed by atoms with van der Waals surface area (Å²) in [6.45, 7) is 26.6. The molecule has 0 atom stereocenters. The Balaban J connectivity index is 1.79. The van der Waals surface area contributed by atoms with Gasteiger partial charge in [-0.05, 0) is 70.6 Å². The maximum atomic E-state index is 11.3. The summed E-state index contributed by atoms with van der Waals surface area (Å²) < 4.78 is 0. The van der Waals surface area contributed by atoms with Gasteiger partial charge in [-0.15, -0.1) is 23.5 Å². The van der Waals surface area contributed by atoms with Gasteiger partial charge in [-0.1, -0.05) is 95.2 Å². The zero-order valence-corrected chi connectivity index (χ0v) is 27.6. The van der Waals surface area contributed by atoms with E-state index in [0.29, 0.717) is 22.0 Å². The van der Waals surface area contributed by atoms with Gasteiger partial charge in [0.15, 0.2) is 0 Å². The van der Waals surface area contributed by atoms with Crippen LogP contribution in [0.3, 0.4) is 0 Å². The van der Waals surface area contributed by atoms with Gasteiger partial charge in [-0.25, -0.2) is 0 Å². The molecule has 2 aromatic carbocycles. The molecule has 0 amide bonds. The predicted molar refractivity (Wildman–Crippen MR) is 169 cm³/mol. The molecule has 1 saturated carbocycles. The Labute approximate surface area is 241 Å². The van der Waals surface area contributed by atoms with Crippen LogP contribution in [0.5, 0.6) is 11.5 Å². The average Bonchev–Trinajstić information content (AvgIpc) is 2.74. The molecule has 0 bridgehead atoms. The van der Waals surface area contributed by atoms with E-state index < -0.39 is 0 Å². The number of phenols is 2. The summed E-state index contributed by atoms with van der Waals surface area (Å²) in [7, 11) is 0. The number of rotatable bonds is 4. The quantitative estimate of drug-likeness (QED) is 0.393. The molecule has 0 aliphatic heterocycles. The highest BCUT2D eigenvalue weighted by molar-refractivity contribution is 8.00. The minimum atomic E-state index is -0.107. The Bertz CT molecular complexity index is 1040. The molecule has 2 N–H and O–H groups in total. The second-order valence-corrected chi connectivity index (χ2v) is 18.1. The number of benzene rings is 2. The van der Waals surface area contributed by atoms with Crippen LogP contribution in [-0.4, -0.2) is 20.7 Å². The third-order valence-electron chi connectivity index (χ3n) is 7.71. The molecule has 38 heavy (non-hydrogen) atoms. The Morgan fingerprint density at radius 2 is 0.789 bits per heavy atom. The monoisotopic (exact) mass is 556 g/mol. The Hall–Kier alpha value is -1.26. The third-order valence-corrected chi connectivity index (χ3v) is 10.4. The molecule has 3 rings (SSSR count). The van der Waals surface area contributed by atoms with E-state index in [-0.39, 0.29) is 21.7 Å². The largest absolute Gasteiger partial charge is 0.506 e. The molecular formula is C34H52O2S2. The van der Waals surface area contributed by atoms with Crippen LogP contribution in [-0.2, 0) is 21.7 Å². The van der Waals surface area contributed by atoms with Crippen molar-refractivity contribution in [2.24, 2.45) is 0 Å². The fraction of sp³-hybridized carbons (Fsp3) is 0.647. The number of aromatic hydroxyl groups is 2. The van der Waals surface area contributed by atoms with Crippen LogP contribution in [0.1, 0.15) is 131 Å². The van der Waals surface area contributed by atoms with Crippen LogP contribution < -0.4 is 0 Å². The van der Waals surface area contributed by atoms with E-state index in [1.54, 1.807) is 0 Å². The summed E-state index contributed by atoms with van der Waals surface area (Å²) >= 11 is 3.73. The summed E-state index contributed by atoms with van der Waals surface area (Å²) in [6.07, 6.45) is 4.49. The fourth-order valence-electron chi connectivity index (χ4n) is 5.03. The van der Waals surface area contributed by atoms with E-state index >= 15 is 0 Å². The molecule has 2 nitrogen and oxygen atoms in total. The first-order valence-electron chi connectivity index (χ1n) is 14.3. The molecule has 0 radical (unpaired) electrons. The Kier molecular flexibility index (Phi) is 9.02. The molecule has 0 unspecified atom stereocenters. The van der Waals surface area contributed by atoms with Crippen molar-refractivity contribution in [3.8, 4) is 11.5 Å². The normalized spacial score (nSPS) is 19.6. The molecule has 4 heteroatoms. The van der Waals surface area contributed by atoms with E-state index in [1.165, 1.54) is 11.1 Å². The lowest BCUT2D eigenvalue weighted by atomic mass is 9.80. The molecule has 0 aromatic heterocycles. The molecule has 1 fully saturated rings. The van der Waals surface area contributed by atoms with Crippen LogP contribution in [0.4, 0.5) is 0 Å².